The van der Waals surface area contributed by atoms with Crippen LogP contribution in [0.1, 0.15) is 6.42 Å². The highest BCUT2D eigenvalue weighted by Gasteiger charge is 2.41. The van der Waals surface area contributed by atoms with Crippen LogP contribution in [0.25, 0.3) is 0 Å². The Bertz CT molecular complexity index is 755. The largest absolute Gasteiger partial charge is 0.411 e. The number of oxime groups is 1. The van der Waals surface area contributed by atoms with Crippen LogP contribution in [0.15, 0.2) is 59.8 Å². The number of fused-ring (bicyclic) bond motifs is 1. The van der Waals surface area contributed by atoms with E-state index < -0.39 is 11.0 Å². The van der Waals surface area contributed by atoms with Gasteiger partial charge in [-0.3, -0.25) is 13.4 Å². The van der Waals surface area contributed by atoms with Gasteiger partial charge in [-0.2, -0.15) is 0 Å². The number of benzene rings is 2. The topological polar surface area (TPSA) is 91.6 Å². The number of nitrogens with one attached hydrogen (secondary N) is 1. The molecule has 1 aliphatic heterocycles. The molecule has 0 atom stereocenters. The molecule has 3 rings (SSSR count). The van der Waals surface area contributed by atoms with E-state index in [1.54, 1.807) is 15.7 Å². The van der Waals surface area contributed by atoms with Crippen molar-refractivity contribution in [2.24, 2.45) is 5.16 Å². The van der Waals surface area contributed by atoms with Crippen molar-refractivity contribution in [3.8, 4) is 0 Å². The summed E-state index contributed by atoms with van der Waals surface area (Å²) in [5.41, 5.74) is 2.75. The van der Waals surface area contributed by atoms with Gasteiger partial charge >= 0.3 is 0 Å². The van der Waals surface area contributed by atoms with Gasteiger partial charge in [-0.1, -0.05) is 35.5 Å². The van der Waals surface area contributed by atoms with E-state index in [9.17, 15) is 9.11 Å². The number of hydrogen-bond donors (Lipinski definition) is 4. The Morgan fingerprint density at radius 2 is 1.68 bits per heavy atom. The number of rotatable bonds is 6. The van der Waals surface area contributed by atoms with Gasteiger partial charge in [0.15, 0.2) is 0 Å². The van der Waals surface area contributed by atoms with Crippen LogP contribution in [0.3, 0.4) is 0 Å². The SMILES string of the molecule is CNC/C(CCN1c2ccccc2N(c2ccccc2)S1(O)O)=N\O. The molecule has 0 aliphatic carbocycles. The van der Waals surface area contributed by atoms with Gasteiger partial charge in [-0.15, -0.1) is 0 Å². The van der Waals surface area contributed by atoms with Gasteiger partial charge in [0, 0.05) is 19.5 Å². The molecule has 0 bridgehead atoms. The molecule has 134 valence electrons. The summed E-state index contributed by atoms with van der Waals surface area (Å²) < 4.78 is 25.1. The maximum Gasteiger partial charge on any atom is 0.0896 e. The lowest BCUT2D eigenvalue weighted by atomic mass is 10.2. The lowest BCUT2D eigenvalue weighted by Gasteiger charge is -2.43. The number of nitrogens with zero attached hydrogens (tertiary/aromatic N) is 3. The van der Waals surface area contributed by atoms with Crippen LogP contribution in [0.2, 0.25) is 0 Å². The molecule has 7 nitrogen and oxygen atoms in total. The van der Waals surface area contributed by atoms with E-state index in [1.165, 1.54) is 0 Å². The highest BCUT2D eigenvalue weighted by atomic mass is 32.3. The predicted octanol–water partition coefficient (Wildman–Crippen LogP) is 3.67. The minimum absolute atomic E-state index is 0.323. The Hall–Kier alpha value is -2.26. The Labute approximate surface area is 148 Å². The van der Waals surface area contributed by atoms with Crippen molar-refractivity contribution in [2.75, 3.05) is 28.7 Å². The molecule has 0 radical (unpaired) electrons. The molecule has 0 saturated carbocycles. The standard InChI is InChI=1S/C17H22N4O3S/c1-18-13-14(19-22)11-12-20-16-9-5-6-10-17(16)21(25(20,23)24)15-7-3-2-4-8-15/h2-10,18,22-24H,11-13H2,1H3/b19-14-. The van der Waals surface area contributed by atoms with Crippen molar-refractivity contribution in [2.45, 2.75) is 6.42 Å². The van der Waals surface area contributed by atoms with Crippen LogP contribution < -0.4 is 13.9 Å². The summed E-state index contributed by atoms with van der Waals surface area (Å²) in [6.07, 6.45) is 0.407. The third-order valence-electron chi connectivity index (χ3n) is 4.03. The second-order valence-corrected chi connectivity index (χ2v) is 7.44. The molecular formula is C17H22N4O3S. The fourth-order valence-corrected chi connectivity index (χ4v) is 4.68. The molecule has 1 heterocycles. The zero-order valence-corrected chi connectivity index (χ0v) is 14.7. The highest BCUT2D eigenvalue weighted by Crippen LogP contribution is 2.63. The number of para-hydroxylation sites is 3. The Morgan fingerprint density at radius 3 is 2.32 bits per heavy atom. The van der Waals surface area contributed by atoms with Crippen LogP contribution >= 0.6 is 11.0 Å². The van der Waals surface area contributed by atoms with Crippen molar-refractivity contribution in [3.05, 3.63) is 54.6 Å². The molecule has 0 amide bonds. The predicted molar refractivity (Wildman–Crippen MR) is 103 cm³/mol. The summed E-state index contributed by atoms with van der Waals surface area (Å²) in [6, 6.07) is 16.8. The Balaban J connectivity index is 1.94. The molecule has 4 N–H and O–H groups in total. The van der Waals surface area contributed by atoms with E-state index in [-0.39, 0.29) is 0 Å². The fourth-order valence-electron chi connectivity index (χ4n) is 2.90. The van der Waals surface area contributed by atoms with Gasteiger partial charge in [0.2, 0.25) is 0 Å². The van der Waals surface area contributed by atoms with Gasteiger partial charge in [0.25, 0.3) is 0 Å². The number of anilines is 3. The van der Waals surface area contributed by atoms with Crippen molar-refractivity contribution in [3.63, 3.8) is 0 Å². The molecule has 25 heavy (non-hydrogen) atoms. The maximum absolute atomic E-state index is 11.0. The quantitative estimate of drug-likeness (QED) is 0.356. The van der Waals surface area contributed by atoms with Crippen LogP contribution in [-0.4, -0.2) is 40.2 Å². The molecule has 8 heteroatoms. The smallest absolute Gasteiger partial charge is 0.0896 e. The molecule has 1 aliphatic rings. The normalized spacial score (nSPS) is 17.5. The van der Waals surface area contributed by atoms with Crippen molar-refractivity contribution < 1.29 is 14.3 Å². The van der Waals surface area contributed by atoms with Gasteiger partial charge in [-0.05, 0) is 42.3 Å². The lowest BCUT2D eigenvalue weighted by molar-refractivity contribution is 0.316. The third-order valence-corrected chi connectivity index (χ3v) is 5.89. The maximum atomic E-state index is 11.0. The fraction of sp³-hybridized carbons (Fsp3) is 0.235. The van der Waals surface area contributed by atoms with Crippen molar-refractivity contribution in [1.82, 2.24) is 5.32 Å². The summed E-state index contributed by atoms with van der Waals surface area (Å²) in [5, 5.41) is 15.3. The third kappa shape index (κ3) is 3.29. The highest BCUT2D eigenvalue weighted by molar-refractivity contribution is 8.27. The zero-order chi connectivity index (χ0) is 17.9. The van der Waals surface area contributed by atoms with E-state index in [0.29, 0.717) is 30.9 Å². The Kier molecular flexibility index (Phi) is 5.14. The summed E-state index contributed by atoms with van der Waals surface area (Å²) >= 11 is 0. The van der Waals surface area contributed by atoms with Crippen LogP contribution in [0.5, 0.6) is 0 Å². The van der Waals surface area contributed by atoms with Gasteiger partial charge in [-0.25, -0.2) is 4.31 Å². The number of hydrogen-bond acceptors (Lipinski definition) is 7. The first-order chi connectivity index (χ1) is 12.1. The van der Waals surface area contributed by atoms with Crippen LogP contribution in [0.4, 0.5) is 17.1 Å². The summed E-state index contributed by atoms with van der Waals surface area (Å²) in [7, 11) is -1.48. The van der Waals surface area contributed by atoms with E-state index in [0.717, 1.165) is 11.4 Å². The van der Waals surface area contributed by atoms with Gasteiger partial charge < -0.3 is 10.5 Å². The summed E-state index contributed by atoms with van der Waals surface area (Å²) in [6.45, 7) is 0.761. The molecule has 2 aromatic carbocycles. The molecular weight excluding hydrogens is 340 g/mol. The first-order valence-corrected chi connectivity index (χ1v) is 9.40. The van der Waals surface area contributed by atoms with E-state index in [1.807, 2.05) is 54.6 Å². The van der Waals surface area contributed by atoms with Gasteiger partial charge in [0.1, 0.15) is 0 Å². The molecule has 0 spiro atoms. The summed E-state index contributed by atoms with van der Waals surface area (Å²) in [4.78, 5) is 0. The lowest BCUT2D eigenvalue weighted by Crippen LogP contribution is -2.33. The van der Waals surface area contributed by atoms with Gasteiger partial charge in [0.05, 0.1) is 22.8 Å². The molecule has 0 fully saturated rings. The van der Waals surface area contributed by atoms with Crippen molar-refractivity contribution in [1.29, 1.82) is 0 Å². The minimum atomic E-state index is -3.25. The molecule has 0 aromatic heterocycles. The molecule has 2 aromatic rings. The average Bonchev–Trinajstić information content (AvgIpc) is 2.85. The molecule has 0 saturated heterocycles. The van der Waals surface area contributed by atoms with E-state index in [4.69, 9.17) is 5.21 Å². The second-order valence-electron chi connectivity index (χ2n) is 5.66. The monoisotopic (exact) mass is 362 g/mol. The van der Waals surface area contributed by atoms with Crippen molar-refractivity contribution >= 4 is 33.7 Å². The van der Waals surface area contributed by atoms with Crippen LogP contribution in [-0.2, 0) is 0 Å². The average molecular weight is 362 g/mol. The summed E-state index contributed by atoms with van der Waals surface area (Å²) in [5.74, 6) is 0. The first-order valence-electron chi connectivity index (χ1n) is 7.94. The van der Waals surface area contributed by atoms with Crippen LogP contribution in [0, 0.1) is 0 Å². The Morgan fingerprint density at radius 1 is 1.04 bits per heavy atom. The second kappa shape index (κ2) is 7.32. The van der Waals surface area contributed by atoms with E-state index in [2.05, 4.69) is 10.5 Å². The van der Waals surface area contributed by atoms with E-state index >= 15 is 0 Å². The first kappa shape index (κ1) is 17.6. The zero-order valence-electron chi connectivity index (χ0n) is 13.9. The minimum Gasteiger partial charge on any atom is -0.411 e. The molecule has 0 unspecified atom stereocenters.